The molecule has 0 N–H and O–H groups in total. The zero-order valence-electron chi connectivity index (χ0n) is 24.3. The average molecular weight is 637 g/mol. The predicted octanol–water partition coefficient (Wildman–Crippen LogP) is 6.00. The first-order chi connectivity index (χ1) is 20.7. The minimum atomic E-state index is -0.681. The maximum Gasteiger partial charge on any atom is 0.271 e. The lowest BCUT2D eigenvalue weighted by atomic mass is 9.94. The number of hydrogen-bond donors (Lipinski definition) is 0. The van der Waals surface area contributed by atoms with E-state index in [9.17, 15) is 9.59 Å². The zero-order chi connectivity index (χ0) is 30.7. The molecule has 43 heavy (non-hydrogen) atoms. The highest BCUT2D eigenvalue weighted by atomic mass is 35.5. The fourth-order valence-electron chi connectivity index (χ4n) is 5.07. The van der Waals surface area contributed by atoms with Gasteiger partial charge < -0.3 is 14.4 Å². The lowest BCUT2D eigenvalue weighted by molar-refractivity contribution is -0.127. The molecular formula is C33H31Cl2N3O4S. The number of aromatic nitrogens is 1. The van der Waals surface area contributed by atoms with E-state index in [1.54, 1.807) is 28.7 Å². The Morgan fingerprint density at radius 3 is 2.44 bits per heavy atom. The molecule has 0 bridgehead atoms. The van der Waals surface area contributed by atoms with E-state index in [0.29, 0.717) is 61.8 Å². The molecule has 0 radical (unpaired) electrons. The Morgan fingerprint density at radius 2 is 1.77 bits per heavy atom. The SMILES string of the molecule is CCN(CC)C(=O)C1=C(C)N=c2s/c(=C/c3ccc(OCc4ccc(Cl)c(Cl)c4)cc3)c(=O)n2[C@H]1c1ccccc1OC. The van der Waals surface area contributed by atoms with Gasteiger partial charge in [-0.3, -0.25) is 14.2 Å². The van der Waals surface area contributed by atoms with Gasteiger partial charge in [-0.25, -0.2) is 4.99 Å². The minimum Gasteiger partial charge on any atom is -0.496 e. The minimum absolute atomic E-state index is 0.145. The number of fused-ring (bicyclic) bond motifs is 1. The van der Waals surface area contributed by atoms with Crippen molar-refractivity contribution in [1.29, 1.82) is 0 Å². The van der Waals surface area contributed by atoms with E-state index >= 15 is 0 Å². The highest BCUT2D eigenvalue weighted by molar-refractivity contribution is 7.07. The number of halogens is 2. The Bertz CT molecular complexity index is 1880. The van der Waals surface area contributed by atoms with Crippen molar-refractivity contribution in [3.05, 3.63) is 124 Å². The van der Waals surface area contributed by atoms with Crippen LogP contribution in [0.5, 0.6) is 11.5 Å². The summed E-state index contributed by atoms with van der Waals surface area (Å²) in [5.41, 5.74) is 3.29. The van der Waals surface area contributed by atoms with Crippen LogP contribution in [0, 0.1) is 0 Å². The Morgan fingerprint density at radius 1 is 1.05 bits per heavy atom. The van der Waals surface area contributed by atoms with Crippen LogP contribution < -0.4 is 24.4 Å². The first kappa shape index (κ1) is 30.6. The van der Waals surface area contributed by atoms with Crippen LogP contribution in [0.2, 0.25) is 10.0 Å². The molecule has 0 spiro atoms. The highest BCUT2D eigenvalue weighted by Crippen LogP contribution is 2.36. The van der Waals surface area contributed by atoms with E-state index in [2.05, 4.69) is 0 Å². The third kappa shape index (κ3) is 6.27. The van der Waals surface area contributed by atoms with Crippen LogP contribution in [0.4, 0.5) is 0 Å². The van der Waals surface area contributed by atoms with Gasteiger partial charge in [0.2, 0.25) is 0 Å². The highest BCUT2D eigenvalue weighted by Gasteiger charge is 2.35. The van der Waals surface area contributed by atoms with Gasteiger partial charge >= 0.3 is 0 Å². The van der Waals surface area contributed by atoms with Crippen molar-refractivity contribution in [2.45, 2.75) is 33.4 Å². The van der Waals surface area contributed by atoms with E-state index in [0.717, 1.165) is 16.7 Å². The van der Waals surface area contributed by atoms with Gasteiger partial charge in [0.1, 0.15) is 24.1 Å². The maximum absolute atomic E-state index is 14.0. The standard InChI is InChI=1S/C33H31Cl2N3O4S/c1-5-37(6-2)32(40)29-20(3)36-33-38(30(29)24-9-7-8-10-27(24)41-4)31(39)28(43-33)18-21-11-14-23(15-12-21)42-19-22-13-16-25(34)26(35)17-22/h7-18,30H,5-6,19H2,1-4H3/b28-18+/t30-/m0/s1. The first-order valence-corrected chi connectivity index (χ1v) is 15.4. The lowest BCUT2D eigenvalue weighted by Gasteiger charge is -2.29. The molecule has 2 heterocycles. The van der Waals surface area contributed by atoms with Gasteiger partial charge in [0, 0.05) is 18.7 Å². The van der Waals surface area contributed by atoms with Gasteiger partial charge in [-0.1, -0.05) is 70.9 Å². The molecule has 7 nitrogen and oxygen atoms in total. The Hall–Kier alpha value is -3.85. The summed E-state index contributed by atoms with van der Waals surface area (Å²) in [6.45, 7) is 7.13. The number of nitrogens with zero attached hydrogens (tertiary/aromatic N) is 3. The average Bonchev–Trinajstić information content (AvgIpc) is 3.31. The van der Waals surface area contributed by atoms with Gasteiger partial charge in [-0.05, 0) is 68.3 Å². The van der Waals surface area contributed by atoms with Crippen molar-refractivity contribution in [3.8, 4) is 11.5 Å². The molecule has 4 aromatic rings. The number of hydrogen-bond acceptors (Lipinski definition) is 6. The smallest absolute Gasteiger partial charge is 0.271 e. The number of amides is 1. The molecule has 1 atom stereocenters. The molecule has 10 heteroatoms. The summed E-state index contributed by atoms with van der Waals surface area (Å²) in [6.07, 6.45) is 1.83. The van der Waals surface area contributed by atoms with Crippen molar-refractivity contribution in [1.82, 2.24) is 9.47 Å². The monoisotopic (exact) mass is 635 g/mol. The van der Waals surface area contributed by atoms with E-state index in [4.69, 9.17) is 37.7 Å². The van der Waals surface area contributed by atoms with Crippen LogP contribution in [0.1, 0.15) is 43.5 Å². The molecule has 1 amide bonds. The van der Waals surface area contributed by atoms with E-state index in [1.165, 1.54) is 11.3 Å². The predicted molar refractivity (Wildman–Crippen MR) is 172 cm³/mol. The second-order valence-corrected chi connectivity index (χ2v) is 11.7. The molecule has 0 saturated carbocycles. The van der Waals surface area contributed by atoms with E-state index < -0.39 is 6.04 Å². The van der Waals surface area contributed by atoms with Crippen LogP contribution in [0.15, 0.2) is 87.8 Å². The summed E-state index contributed by atoms with van der Waals surface area (Å²) < 4.78 is 13.7. The largest absolute Gasteiger partial charge is 0.496 e. The summed E-state index contributed by atoms with van der Waals surface area (Å²) >= 11 is 13.4. The van der Waals surface area contributed by atoms with Gasteiger partial charge in [0.25, 0.3) is 11.5 Å². The molecular weight excluding hydrogens is 605 g/mol. The summed E-state index contributed by atoms with van der Waals surface area (Å²) in [6, 6.07) is 19.7. The molecule has 0 unspecified atom stereocenters. The Kier molecular flexibility index (Phi) is 9.40. The number of allylic oxidation sites excluding steroid dienone is 1. The second-order valence-electron chi connectivity index (χ2n) is 9.91. The van der Waals surface area contributed by atoms with Crippen LogP contribution in [-0.2, 0) is 11.4 Å². The lowest BCUT2D eigenvalue weighted by Crippen LogP contribution is -2.43. The van der Waals surface area contributed by atoms with Crippen LogP contribution in [-0.4, -0.2) is 35.6 Å². The number of rotatable bonds is 9. The number of carbonyl (C=O) groups excluding carboxylic acids is 1. The summed E-state index contributed by atoms with van der Waals surface area (Å²) in [5, 5.41) is 0.975. The fourth-order valence-corrected chi connectivity index (χ4v) is 6.44. The van der Waals surface area contributed by atoms with E-state index in [1.807, 2.05) is 81.4 Å². The fraction of sp³-hybridized carbons (Fsp3) is 0.242. The van der Waals surface area contributed by atoms with Crippen molar-refractivity contribution < 1.29 is 14.3 Å². The normalized spacial score (nSPS) is 14.7. The third-order valence-corrected chi connectivity index (χ3v) is 9.03. The van der Waals surface area contributed by atoms with Crippen LogP contribution in [0.25, 0.3) is 6.08 Å². The number of methoxy groups -OCH3 is 1. The van der Waals surface area contributed by atoms with Crippen molar-refractivity contribution >= 4 is 46.5 Å². The topological polar surface area (TPSA) is 73.1 Å². The number of carbonyl (C=O) groups is 1. The molecule has 222 valence electrons. The third-order valence-electron chi connectivity index (χ3n) is 7.30. The van der Waals surface area contributed by atoms with Crippen LogP contribution in [0.3, 0.4) is 0 Å². The van der Waals surface area contributed by atoms with Crippen molar-refractivity contribution in [3.63, 3.8) is 0 Å². The van der Waals surface area contributed by atoms with E-state index in [-0.39, 0.29) is 11.5 Å². The molecule has 3 aromatic carbocycles. The maximum atomic E-state index is 14.0. The molecule has 0 fully saturated rings. The van der Waals surface area contributed by atoms with Gasteiger partial charge in [0.15, 0.2) is 4.80 Å². The molecule has 1 aliphatic rings. The quantitative estimate of drug-likeness (QED) is 0.226. The van der Waals surface area contributed by atoms with Crippen LogP contribution >= 0.6 is 34.5 Å². The number of likely N-dealkylation sites (N-methyl/N-ethyl adjacent to an activating group) is 1. The second kappa shape index (κ2) is 13.2. The number of thiazole rings is 1. The number of benzene rings is 3. The molecule has 0 saturated heterocycles. The Balaban J connectivity index is 1.52. The first-order valence-electron chi connectivity index (χ1n) is 13.9. The zero-order valence-corrected chi connectivity index (χ0v) is 26.6. The summed E-state index contributed by atoms with van der Waals surface area (Å²) in [4.78, 5) is 34.8. The number of para-hydroxylation sites is 1. The molecule has 0 aliphatic carbocycles. The summed E-state index contributed by atoms with van der Waals surface area (Å²) in [7, 11) is 1.59. The van der Waals surface area contributed by atoms with Gasteiger partial charge in [-0.2, -0.15) is 0 Å². The molecule has 1 aliphatic heterocycles. The molecule has 1 aromatic heterocycles. The van der Waals surface area contributed by atoms with Crippen molar-refractivity contribution in [2.24, 2.45) is 4.99 Å². The summed E-state index contributed by atoms with van der Waals surface area (Å²) in [5.74, 6) is 1.13. The number of ether oxygens (including phenoxy) is 2. The van der Waals surface area contributed by atoms with Gasteiger partial charge in [-0.15, -0.1) is 0 Å². The van der Waals surface area contributed by atoms with Gasteiger partial charge in [0.05, 0.1) is 33.0 Å². The van der Waals surface area contributed by atoms with Crippen molar-refractivity contribution in [2.75, 3.05) is 20.2 Å². The molecule has 5 rings (SSSR count). The Labute approximate surface area is 263 Å².